The van der Waals surface area contributed by atoms with Gasteiger partial charge in [0.2, 0.25) is 20.0 Å². The first-order valence-corrected chi connectivity index (χ1v) is 12.7. The van der Waals surface area contributed by atoms with Gasteiger partial charge in [-0.25, -0.2) is 16.8 Å². The van der Waals surface area contributed by atoms with Gasteiger partial charge in [-0.2, -0.15) is 8.61 Å². The van der Waals surface area contributed by atoms with Gasteiger partial charge in [0, 0.05) is 25.7 Å². The minimum Gasteiger partial charge on any atom is -0.359 e. The van der Waals surface area contributed by atoms with Gasteiger partial charge in [-0.1, -0.05) is 11.6 Å². The van der Waals surface area contributed by atoms with Crippen molar-refractivity contribution in [1.82, 2.24) is 13.8 Å². The highest BCUT2D eigenvalue weighted by atomic mass is 32.2. The lowest BCUT2D eigenvalue weighted by atomic mass is 10.2. The summed E-state index contributed by atoms with van der Waals surface area (Å²) in [5.74, 6) is 0.535. The Balaban J connectivity index is 1.59. The van der Waals surface area contributed by atoms with E-state index in [1.54, 1.807) is 13.0 Å². The molecule has 2 saturated heterocycles. The van der Waals surface area contributed by atoms with E-state index in [1.165, 1.54) is 32.9 Å². The maximum Gasteiger partial charge on any atom is 0.243 e. The molecule has 0 spiro atoms. The van der Waals surface area contributed by atoms with Crippen LogP contribution in [0.15, 0.2) is 44.6 Å². The summed E-state index contributed by atoms with van der Waals surface area (Å²) in [5.41, 5.74) is 0.705. The molecular formula is C19H25N3O5S2. The van der Waals surface area contributed by atoms with Gasteiger partial charge in [0.05, 0.1) is 21.5 Å². The molecule has 8 nitrogen and oxygen atoms in total. The van der Waals surface area contributed by atoms with Crippen molar-refractivity contribution in [2.24, 2.45) is 0 Å². The van der Waals surface area contributed by atoms with Gasteiger partial charge in [-0.15, -0.1) is 0 Å². The quantitative estimate of drug-likeness (QED) is 0.710. The number of aromatic nitrogens is 1. The number of hydrogen-bond donors (Lipinski definition) is 0. The van der Waals surface area contributed by atoms with E-state index in [2.05, 4.69) is 5.16 Å². The van der Waals surface area contributed by atoms with Gasteiger partial charge >= 0.3 is 0 Å². The van der Waals surface area contributed by atoms with Crippen molar-refractivity contribution in [3.8, 4) is 0 Å². The second-order valence-electron chi connectivity index (χ2n) is 7.58. The number of benzene rings is 1. The Kier molecular flexibility index (Phi) is 5.54. The molecule has 0 amide bonds. The van der Waals surface area contributed by atoms with Crippen LogP contribution in [-0.2, 0) is 20.0 Å². The van der Waals surface area contributed by atoms with E-state index in [0.717, 1.165) is 25.7 Å². The molecule has 2 aromatic rings. The average molecular weight is 440 g/mol. The molecule has 29 heavy (non-hydrogen) atoms. The van der Waals surface area contributed by atoms with E-state index < -0.39 is 26.1 Å². The molecule has 0 radical (unpaired) electrons. The molecule has 2 aliphatic rings. The van der Waals surface area contributed by atoms with Gasteiger partial charge in [0.1, 0.15) is 0 Å². The third-order valence-electron chi connectivity index (χ3n) is 5.56. The molecule has 158 valence electrons. The zero-order valence-electron chi connectivity index (χ0n) is 16.3. The Hall–Kier alpha value is -1.75. The monoisotopic (exact) mass is 439 g/mol. The number of hydrogen-bond acceptors (Lipinski definition) is 6. The summed E-state index contributed by atoms with van der Waals surface area (Å²) in [4.78, 5) is 0.209. The van der Waals surface area contributed by atoms with Crippen molar-refractivity contribution in [1.29, 1.82) is 0 Å². The number of sulfonamides is 2. The Bertz CT molecular complexity index is 1070. The zero-order valence-corrected chi connectivity index (χ0v) is 18.0. The molecule has 2 aliphatic heterocycles. The standard InChI is InChI=1S/C19H25N3O5S2/c1-15-14-19(27-20-15)18-6-5-13-22(18)29(25,26)17-9-7-16(8-10-17)28(23,24)21-11-3-2-4-12-21/h7-10,14,18H,2-6,11-13H2,1H3. The van der Waals surface area contributed by atoms with E-state index in [4.69, 9.17) is 4.52 Å². The van der Waals surface area contributed by atoms with Crippen LogP contribution in [0.5, 0.6) is 0 Å². The fourth-order valence-electron chi connectivity index (χ4n) is 4.03. The van der Waals surface area contributed by atoms with E-state index >= 15 is 0 Å². The van der Waals surface area contributed by atoms with Crippen LogP contribution in [0.25, 0.3) is 0 Å². The summed E-state index contributed by atoms with van der Waals surface area (Å²) in [6.45, 7) is 3.20. The number of nitrogens with zero attached hydrogens (tertiary/aromatic N) is 3. The lowest BCUT2D eigenvalue weighted by Gasteiger charge is -2.26. The Morgan fingerprint density at radius 1 is 0.897 bits per heavy atom. The lowest BCUT2D eigenvalue weighted by Crippen LogP contribution is -2.35. The molecule has 0 aliphatic carbocycles. The van der Waals surface area contributed by atoms with Crippen LogP contribution in [0.4, 0.5) is 0 Å². The topological polar surface area (TPSA) is 101 Å². The summed E-state index contributed by atoms with van der Waals surface area (Å²) in [7, 11) is -7.37. The van der Waals surface area contributed by atoms with E-state index in [9.17, 15) is 16.8 Å². The van der Waals surface area contributed by atoms with Crippen molar-refractivity contribution < 1.29 is 21.4 Å². The first kappa shape index (κ1) is 20.5. The van der Waals surface area contributed by atoms with Crippen molar-refractivity contribution >= 4 is 20.0 Å². The highest BCUT2D eigenvalue weighted by Gasteiger charge is 2.38. The van der Waals surface area contributed by atoms with Gasteiger partial charge in [0.25, 0.3) is 0 Å². The Labute approximate surface area is 171 Å². The van der Waals surface area contributed by atoms with Crippen LogP contribution in [0.2, 0.25) is 0 Å². The van der Waals surface area contributed by atoms with E-state index in [1.807, 2.05) is 0 Å². The fraction of sp³-hybridized carbons (Fsp3) is 0.526. The predicted octanol–water partition coefficient (Wildman–Crippen LogP) is 2.68. The maximum atomic E-state index is 13.2. The predicted molar refractivity (Wildman–Crippen MR) is 106 cm³/mol. The summed E-state index contributed by atoms with van der Waals surface area (Å²) >= 11 is 0. The van der Waals surface area contributed by atoms with Crippen molar-refractivity contribution in [3.63, 3.8) is 0 Å². The minimum atomic E-state index is -3.78. The zero-order chi connectivity index (χ0) is 20.6. The summed E-state index contributed by atoms with van der Waals surface area (Å²) in [5, 5.41) is 3.87. The van der Waals surface area contributed by atoms with Crippen LogP contribution in [0.1, 0.15) is 49.6 Å². The second-order valence-corrected chi connectivity index (χ2v) is 11.4. The highest BCUT2D eigenvalue weighted by molar-refractivity contribution is 7.89. The first-order chi connectivity index (χ1) is 13.8. The van der Waals surface area contributed by atoms with Gasteiger partial charge in [-0.05, 0) is 56.9 Å². The van der Waals surface area contributed by atoms with Crippen LogP contribution >= 0.6 is 0 Å². The molecule has 0 bridgehead atoms. The minimum absolute atomic E-state index is 0.0817. The molecule has 1 unspecified atom stereocenters. The number of rotatable bonds is 5. The molecule has 0 saturated carbocycles. The Morgan fingerprint density at radius 3 is 2.10 bits per heavy atom. The molecule has 4 rings (SSSR count). The third-order valence-corrected chi connectivity index (χ3v) is 9.40. The summed E-state index contributed by atoms with van der Waals surface area (Å²) in [6.07, 6.45) is 4.12. The summed E-state index contributed by atoms with van der Waals surface area (Å²) < 4.78 is 60.2. The molecule has 1 aromatic carbocycles. The molecule has 1 atom stereocenters. The molecule has 0 N–H and O–H groups in total. The molecule has 1 aromatic heterocycles. The Morgan fingerprint density at radius 2 is 1.52 bits per heavy atom. The first-order valence-electron chi connectivity index (χ1n) is 9.85. The average Bonchev–Trinajstić information content (AvgIpc) is 3.38. The molecular weight excluding hydrogens is 414 g/mol. The SMILES string of the molecule is Cc1cc(C2CCCN2S(=O)(=O)c2ccc(S(=O)(=O)N3CCCCC3)cc2)on1. The van der Waals surface area contributed by atoms with Gasteiger partial charge < -0.3 is 4.52 Å². The van der Waals surface area contributed by atoms with Crippen molar-refractivity contribution in [3.05, 3.63) is 41.8 Å². The lowest BCUT2D eigenvalue weighted by molar-refractivity contribution is 0.297. The molecule has 10 heteroatoms. The highest BCUT2D eigenvalue weighted by Crippen LogP contribution is 2.37. The van der Waals surface area contributed by atoms with Crippen molar-refractivity contribution in [2.75, 3.05) is 19.6 Å². The molecule has 3 heterocycles. The third kappa shape index (κ3) is 3.86. The van der Waals surface area contributed by atoms with Crippen LogP contribution in [-0.4, -0.2) is 50.2 Å². The summed E-state index contributed by atoms with van der Waals surface area (Å²) in [6, 6.07) is 6.91. The smallest absolute Gasteiger partial charge is 0.243 e. The second kappa shape index (κ2) is 7.82. The van der Waals surface area contributed by atoms with Gasteiger partial charge in [0.15, 0.2) is 5.76 Å². The fourth-order valence-corrected chi connectivity index (χ4v) is 7.21. The number of aryl methyl sites for hydroxylation is 1. The number of piperidine rings is 1. The normalized spacial score (nSPS) is 22.2. The van der Waals surface area contributed by atoms with Crippen LogP contribution < -0.4 is 0 Å². The van der Waals surface area contributed by atoms with Crippen LogP contribution in [0, 0.1) is 6.92 Å². The van der Waals surface area contributed by atoms with E-state index in [-0.39, 0.29) is 9.79 Å². The van der Waals surface area contributed by atoms with Crippen molar-refractivity contribution in [2.45, 2.75) is 54.9 Å². The largest absolute Gasteiger partial charge is 0.359 e. The van der Waals surface area contributed by atoms with E-state index in [0.29, 0.717) is 37.5 Å². The molecule has 2 fully saturated rings. The van der Waals surface area contributed by atoms with Crippen LogP contribution in [0.3, 0.4) is 0 Å². The maximum absolute atomic E-state index is 13.2. The van der Waals surface area contributed by atoms with Gasteiger partial charge in [-0.3, -0.25) is 0 Å².